The zero-order chi connectivity index (χ0) is 17.8. The third-order valence-corrected chi connectivity index (χ3v) is 4.41. The number of nitrogens with one attached hydrogen (secondary N) is 1. The van der Waals surface area contributed by atoms with E-state index < -0.39 is 23.1 Å². The van der Waals surface area contributed by atoms with E-state index in [4.69, 9.17) is 16.3 Å². The van der Waals surface area contributed by atoms with Gasteiger partial charge in [-0.1, -0.05) is 17.7 Å². The Balaban J connectivity index is 1.52. The molecule has 1 amide bonds. The highest BCUT2D eigenvalue weighted by Gasteiger charge is 2.26. The molecule has 1 aromatic carbocycles. The van der Waals surface area contributed by atoms with Crippen molar-refractivity contribution in [3.63, 3.8) is 0 Å². The molecule has 3 rings (SSSR count). The normalized spacial score (nSPS) is 20.1. The minimum Gasteiger partial charge on any atom is -0.474 e. The first-order valence-electron chi connectivity index (χ1n) is 8.06. The Hall–Kier alpha value is -2.21. The number of rotatable bonds is 4. The molecule has 1 saturated carbocycles. The SMILES string of the molecule is O=C(NC1CCC(Oc2ccc(Cl)cn2)CC1)c1c(F)cccc1F. The zero-order valence-corrected chi connectivity index (χ0v) is 14.1. The quantitative estimate of drug-likeness (QED) is 0.885. The molecule has 0 saturated heterocycles. The summed E-state index contributed by atoms with van der Waals surface area (Å²) in [6.07, 6.45) is 4.28. The lowest BCUT2D eigenvalue weighted by Crippen LogP contribution is -2.40. The number of amides is 1. The van der Waals surface area contributed by atoms with Crippen molar-refractivity contribution < 1.29 is 18.3 Å². The third kappa shape index (κ3) is 4.45. The summed E-state index contributed by atoms with van der Waals surface area (Å²) in [5.74, 6) is -1.93. The first kappa shape index (κ1) is 17.6. The van der Waals surface area contributed by atoms with E-state index in [-0.39, 0.29) is 12.1 Å². The van der Waals surface area contributed by atoms with Gasteiger partial charge in [0.15, 0.2) is 0 Å². The van der Waals surface area contributed by atoms with E-state index in [9.17, 15) is 13.6 Å². The Morgan fingerprint density at radius 2 is 1.80 bits per heavy atom. The lowest BCUT2D eigenvalue weighted by Gasteiger charge is -2.29. The monoisotopic (exact) mass is 366 g/mol. The molecule has 0 aliphatic heterocycles. The summed E-state index contributed by atoms with van der Waals surface area (Å²) in [7, 11) is 0. The van der Waals surface area contributed by atoms with E-state index in [0.29, 0.717) is 23.7 Å². The summed E-state index contributed by atoms with van der Waals surface area (Å²) < 4.78 is 33.1. The van der Waals surface area contributed by atoms with Crippen LogP contribution in [0.5, 0.6) is 5.88 Å². The first-order chi connectivity index (χ1) is 12.0. The second-order valence-corrected chi connectivity index (χ2v) is 6.41. The molecule has 132 valence electrons. The van der Waals surface area contributed by atoms with Gasteiger partial charge >= 0.3 is 0 Å². The fourth-order valence-electron chi connectivity index (χ4n) is 2.90. The van der Waals surface area contributed by atoms with Gasteiger partial charge in [0, 0.05) is 18.3 Å². The number of aromatic nitrogens is 1. The second-order valence-electron chi connectivity index (χ2n) is 5.98. The Bertz CT molecular complexity index is 727. The van der Waals surface area contributed by atoms with Crippen molar-refractivity contribution >= 4 is 17.5 Å². The van der Waals surface area contributed by atoms with Crippen LogP contribution in [-0.4, -0.2) is 23.0 Å². The molecule has 1 aliphatic carbocycles. The van der Waals surface area contributed by atoms with Gasteiger partial charge in [0.2, 0.25) is 5.88 Å². The predicted molar refractivity (Wildman–Crippen MR) is 89.7 cm³/mol. The van der Waals surface area contributed by atoms with Gasteiger partial charge < -0.3 is 10.1 Å². The van der Waals surface area contributed by atoms with Crippen LogP contribution in [-0.2, 0) is 0 Å². The number of ether oxygens (including phenoxy) is 1. The largest absolute Gasteiger partial charge is 0.474 e. The van der Waals surface area contributed by atoms with Gasteiger partial charge in [0.25, 0.3) is 5.91 Å². The van der Waals surface area contributed by atoms with Crippen LogP contribution >= 0.6 is 11.6 Å². The molecule has 0 unspecified atom stereocenters. The summed E-state index contributed by atoms with van der Waals surface area (Å²) in [5.41, 5.74) is -0.536. The number of benzene rings is 1. The lowest BCUT2D eigenvalue weighted by atomic mass is 9.92. The van der Waals surface area contributed by atoms with Crippen molar-refractivity contribution in [2.45, 2.75) is 37.8 Å². The lowest BCUT2D eigenvalue weighted by molar-refractivity contribution is 0.0882. The summed E-state index contributed by atoms with van der Waals surface area (Å²) in [6, 6.07) is 6.65. The van der Waals surface area contributed by atoms with Crippen molar-refractivity contribution in [3.05, 3.63) is 58.7 Å². The maximum Gasteiger partial charge on any atom is 0.257 e. The van der Waals surface area contributed by atoms with Crippen LogP contribution in [0.25, 0.3) is 0 Å². The number of halogens is 3. The maximum atomic E-state index is 13.7. The predicted octanol–water partition coefficient (Wildman–Crippen LogP) is 4.13. The van der Waals surface area contributed by atoms with Gasteiger partial charge in [-0.05, 0) is 43.9 Å². The van der Waals surface area contributed by atoms with E-state index in [1.807, 2.05) is 0 Å². The number of hydrogen-bond acceptors (Lipinski definition) is 3. The molecular weight excluding hydrogens is 350 g/mol. The number of nitrogens with zero attached hydrogens (tertiary/aromatic N) is 1. The number of carbonyl (C=O) groups is 1. The molecule has 2 aromatic rings. The highest BCUT2D eigenvalue weighted by atomic mass is 35.5. The number of hydrogen-bond donors (Lipinski definition) is 1. The number of pyridine rings is 1. The highest BCUT2D eigenvalue weighted by molar-refractivity contribution is 6.30. The van der Waals surface area contributed by atoms with Crippen LogP contribution < -0.4 is 10.1 Å². The molecule has 0 radical (unpaired) electrons. The van der Waals surface area contributed by atoms with E-state index in [0.717, 1.165) is 25.0 Å². The van der Waals surface area contributed by atoms with E-state index >= 15 is 0 Å². The molecule has 1 N–H and O–H groups in total. The molecule has 7 heteroatoms. The average molecular weight is 367 g/mol. The molecule has 25 heavy (non-hydrogen) atoms. The van der Waals surface area contributed by atoms with Crippen LogP contribution in [0, 0.1) is 11.6 Å². The van der Waals surface area contributed by atoms with Crippen molar-refractivity contribution in [1.82, 2.24) is 10.3 Å². The topological polar surface area (TPSA) is 51.2 Å². The van der Waals surface area contributed by atoms with Gasteiger partial charge in [-0.15, -0.1) is 0 Å². The van der Waals surface area contributed by atoms with E-state index in [2.05, 4.69) is 10.3 Å². The molecule has 1 heterocycles. The fourth-order valence-corrected chi connectivity index (χ4v) is 3.01. The fraction of sp³-hybridized carbons (Fsp3) is 0.333. The number of carbonyl (C=O) groups excluding carboxylic acids is 1. The van der Waals surface area contributed by atoms with Gasteiger partial charge in [0.1, 0.15) is 23.3 Å². The van der Waals surface area contributed by atoms with Crippen LogP contribution in [0.15, 0.2) is 36.5 Å². The van der Waals surface area contributed by atoms with Crippen molar-refractivity contribution in [2.75, 3.05) is 0 Å². The first-order valence-corrected chi connectivity index (χ1v) is 8.44. The molecule has 0 atom stereocenters. The minimum absolute atomic E-state index is 0.00738. The van der Waals surface area contributed by atoms with Crippen molar-refractivity contribution in [1.29, 1.82) is 0 Å². The average Bonchev–Trinajstić information content (AvgIpc) is 2.58. The van der Waals surface area contributed by atoms with Crippen LogP contribution in [0.4, 0.5) is 8.78 Å². The van der Waals surface area contributed by atoms with Gasteiger partial charge in [-0.2, -0.15) is 0 Å². The summed E-state index contributed by atoms with van der Waals surface area (Å²) in [5, 5.41) is 3.24. The molecule has 1 fully saturated rings. The smallest absolute Gasteiger partial charge is 0.257 e. The Labute approximate surface area is 149 Å². The third-order valence-electron chi connectivity index (χ3n) is 4.19. The van der Waals surface area contributed by atoms with E-state index in [1.165, 1.54) is 12.3 Å². The van der Waals surface area contributed by atoms with Crippen LogP contribution in [0.1, 0.15) is 36.0 Å². The van der Waals surface area contributed by atoms with Crippen molar-refractivity contribution in [2.24, 2.45) is 0 Å². The zero-order valence-electron chi connectivity index (χ0n) is 13.3. The molecular formula is C18H17ClF2N2O2. The molecule has 4 nitrogen and oxygen atoms in total. The summed E-state index contributed by atoms with van der Waals surface area (Å²) >= 11 is 5.78. The molecule has 0 spiro atoms. The molecule has 1 aromatic heterocycles. The standard InChI is InChI=1S/C18H17ClF2N2O2/c19-11-4-9-16(22-10-11)25-13-7-5-12(6-8-13)23-18(24)17-14(20)2-1-3-15(17)21/h1-4,9-10,12-13H,5-8H2,(H,23,24). The molecule has 0 bridgehead atoms. The van der Waals surface area contributed by atoms with Crippen molar-refractivity contribution in [3.8, 4) is 5.88 Å². The van der Waals surface area contributed by atoms with Crippen LogP contribution in [0.3, 0.4) is 0 Å². The van der Waals surface area contributed by atoms with E-state index in [1.54, 1.807) is 12.1 Å². The Morgan fingerprint density at radius 1 is 1.12 bits per heavy atom. The Morgan fingerprint density at radius 3 is 2.40 bits per heavy atom. The van der Waals surface area contributed by atoms with Gasteiger partial charge in [-0.25, -0.2) is 13.8 Å². The Kier molecular flexibility index (Phi) is 5.48. The minimum atomic E-state index is -0.858. The highest BCUT2D eigenvalue weighted by Crippen LogP contribution is 2.24. The summed E-state index contributed by atoms with van der Waals surface area (Å²) in [6.45, 7) is 0. The molecule has 1 aliphatic rings. The summed E-state index contributed by atoms with van der Waals surface area (Å²) in [4.78, 5) is 16.2. The second kappa shape index (κ2) is 7.78. The van der Waals surface area contributed by atoms with Gasteiger partial charge in [-0.3, -0.25) is 4.79 Å². The van der Waals surface area contributed by atoms with Crippen LogP contribution in [0.2, 0.25) is 5.02 Å². The van der Waals surface area contributed by atoms with Gasteiger partial charge in [0.05, 0.1) is 5.02 Å². The maximum absolute atomic E-state index is 13.7.